The van der Waals surface area contributed by atoms with Crippen LogP contribution in [0.25, 0.3) is 11.3 Å². The van der Waals surface area contributed by atoms with Crippen LogP contribution in [0, 0.1) is 0 Å². The number of hydrogen-bond acceptors (Lipinski definition) is 5. The first-order valence-electron chi connectivity index (χ1n) is 9.11. The number of imidazole rings is 1. The summed E-state index contributed by atoms with van der Waals surface area (Å²) in [7, 11) is -4.09. The second kappa shape index (κ2) is 7.25. The maximum absolute atomic E-state index is 13.1. The van der Waals surface area contributed by atoms with Gasteiger partial charge in [0.25, 0.3) is 10.0 Å². The van der Waals surface area contributed by atoms with Crippen molar-refractivity contribution in [3.05, 3.63) is 70.8 Å². The van der Waals surface area contributed by atoms with Crippen LogP contribution in [-0.4, -0.2) is 36.6 Å². The van der Waals surface area contributed by atoms with E-state index < -0.39 is 21.8 Å². The lowest BCUT2D eigenvalue weighted by molar-refractivity contribution is 0.160. The predicted molar refractivity (Wildman–Crippen MR) is 108 cm³/mol. The molecule has 3 aromatic rings. The molecule has 0 fully saturated rings. The number of nitrogens with one attached hydrogen (secondary N) is 1. The standard InChI is InChI=1S/C20H19N3O5S/c1-2-28-20(25)22-11-10-15-12-16(8-9-18(15)22)29(26,27)23-13-17(21-19(23)24)14-6-4-3-5-7-14/h3-9,12-13H,2,10-11H2,1H3,(H,21,24). The van der Waals surface area contributed by atoms with Crippen molar-refractivity contribution in [2.75, 3.05) is 18.1 Å². The molecule has 9 heteroatoms. The summed E-state index contributed by atoms with van der Waals surface area (Å²) >= 11 is 0. The van der Waals surface area contributed by atoms with Crippen molar-refractivity contribution in [2.45, 2.75) is 18.2 Å². The van der Waals surface area contributed by atoms with Gasteiger partial charge in [0, 0.05) is 6.54 Å². The number of carbonyl (C=O) groups is 1. The van der Waals surface area contributed by atoms with Crippen LogP contribution < -0.4 is 10.6 Å². The van der Waals surface area contributed by atoms with E-state index >= 15 is 0 Å². The highest BCUT2D eigenvalue weighted by Gasteiger charge is 2.28. The molecular weight excluding hydrogens is 394 g/mol. The first kappa shape index (κ1) is 19.0. The molecule has 0 radical (unpaired) electrons. The Balaban J connectivity index is 1.70. The Hall–Kier alpha value is -3.33. The number of benzene rings is 2. The third kappa shape index (κ3) is 3.33. The molecule has 29 heavy (non-hydrogen) atoms. The summed E-state index contributed by atoms with van der Waals surface area (Å²) in [5.41, 5.74) is 1.71. The molecule has 0 bridgehead atoms. The molecule has 1 aromatic heterocycles. The van der Waals surface area contributed by atoms with E-state index in [1.54, 1.807) is 37.3 Å². The monoisotopic (exact) mass is 413 g/mol. The molecule has 4 rings (SSSR count). The van der Waals surface area contributed by atoms with Crippen molar-refractivity contribution in [3.63, 3.8) is 0 Å². The van der Waals surface area contributed by atoms with Gasteiger partial charge >= 0.3 is 11.8 Å². The molecular formula is C20H19N3O5S. The number of rotatable bonds is 4. The quantitative estimate of drug-likeness (QED) is 0.708. The number of ether oxygens (including phenoxy) is 1. The Labute approximate surface area is 167 Å². The van der Waals surface area contributed by atoms with Gasteiger partial charge < -0.3 is 9.72 Å². The van der Waals surface area contributed by atoms with Crippen molar-refractivity contribution in [2.24, 2.45) is 0 Å². The van der Waals surface area contributed by atoms with Gasteiger partial charge in [-0.1, -0.05) is 30.3 Å². The van der Waals surface area contributed by atoms with Gasteiger partial charge in [-0.2, -0.15) is 3.97 Å². The highest BCUT2D eigenvalue weighted by molar-refractivity contribution is 7.90. The first-order chi connectivity index (χ1) is 13.9. The number of hydrogen-bond donors (Lipinski definition) is 1. The molecule has 2 aromatic carbocycles. The smallest absolute Gasteiger partial charge is 0.414 e. The van der Waals surface area contributed by atoms with E-state index in [9.17, 15) is 18.0 Å². The fraction of sp³-hybridized carbons (Fsp3) is 0.200. The van der Waals surface area contributed by atoms with E-state index in [2.05, 4.69) is 4.98 Å². The highest BCUT2D eigenvalue weighted by Crippen LogP contribution is 2.31. The number of H-pyrrole nitrogens is 1. The first-order valence-corrected chi connectivity index (χ1v) is 10.6. The summed E-state index contributed by atoms with van der Waals surface area (Å²) in [5.74, 6) is 0. The second-order valence-electron chi connectivity index (χ2n) is 6.53. The van der Waals surface area contributed by atoms with Gasteiger partial charge in [0.05, 0.1) is 29.1 Å². The number of amides is 1. The molecule has 1 amide bonds. The van der Waals surface area contributed by atoms with Gasteiger partial charge in [-0.3, -0.25) is 4.90 Å². The minimum atomic E-state index is -4.09. The summed E-state index contributed by atoms with van der Waals surface area (Å²) in [4.78, 5) is 28.4. The maximum atomic E-state index is 13.1. The number of carbonyl (C=O) groups excluding carboxylic acids is 1. The second-order valence-corrected chi connectivity index (χ2v) is 8.35. The molecule has 2 heterocycles. The fourth-order valence-electron chi connectivity index (χ4n) is 3.36. The lowest BCUT2D eigenvalue weighted by Gasteiger charge is -2.16. The van der Waals surface area contributed by atoms with Crippen molar-refractivity contribution in [1.29, 1.82) is 0 Å². The van der Waals surface area contributed by atoms with Crippen molar-refractivity contribution in [1.82, 2.24) is 8.96 Å². The maximum Gasteiger partial charge on any atom is 0.414 e. The van der Waals surface area contributed by atoms with Gasteiger partial charge in [0.1, 0.15) is 0 Å². The summed E-state index contributed by atoms with van der Waals surface area (Å²) in [6.07, 6.45) is 1.33. The Morgan fingerprint density at radius 1 is 1.17 bits per heavy atom. The minimum Gasteiger partial charge on any atom is -0.449 e. The summed E-state index contributed by atoms with van der Waals surface area (Å²) < 4.78 is 31.8. The van der Waals surface area contributed by atoms with Gasteiger partial charge in [0.15, 0.2) is 0 Å². The molecule has 0 aliphatic carbocycles. The normalized spacial score (nSPS) is 13.3. The van der Waals surface area contributed by atoms with Crippen molar-refractivity contribution >= 4 is 21.8 Å². The van der Waals surface area contributed by atoms with E-state index in [1.807, 2.05) is 6.07 Å². The molecule has 0 saturated heterocycles. The number of aromatic amines is 1. The van der Waals surface area contributed by atoms with Crippen LogP contribution in [0.1, 0.15) is 12.5 Å². The van der Waals surface area contributed by atoms with Crippen molar-refractivity contribution in [3.8, 4) is 11.3 Å². The SMILES string of the molecule is CCOC(=O)N1CCc2cc(S(=O)(=O)n3cc(-c4ccccc4)[nH]c3=O)ccc21. The molecule has 0 atom stereocenters. The zero-order chi connectivity index (χ0) is 20.6. The predicted octanol–water partition coefficient (Wildman–Crippen LogP) is 2.60. The highest BCUT2D eigenvalue weighted by atomic mass is 32.2. The van der Waals surface area contributed by atoms with Crippen LogP contribution in [0.3, 0.4) is 0 Å². The van der Waals surface area contributed by atoms with Gasteiger partial charge in [-0.15, -0.1) is 0 Å². The molecule has 8 nitrogen and oxygen atoms in total. The Morgan fingerprint density at radius 3 is 2.66 bits per heavy atom. The molecule has 0 unspecified atom stereocenters. The molecule has 1 aliphatic rings. The molecule has 0 spiro atoms. The van der Waals surface area contributed by atoms with Crippen LogP contribution in [0.4, 0.5) is 10.5 Å². The lowest BCUT2D eigenvalue weighted by Crippen LogP contribution is -2.29. The molecule has 1 aliphatic heterocycles. The largest absolute Gasteiger partial charge is 0.449 e. The van der Waals surface area contributed by atoms with Gasteiger partial charge in [-0.05, 0) is 42.7 Å². The van der Waals surface area contributed by atoms with E-state index in [1.165, 1.54) is 23.2 Å². The van der Waals surface area contributed by atoms with Crippen LogP contribution in [0.15, 0.2) is 64.4 Å². The van der Waals surface area contributed by atoms with Crippen LogP contribution in [0.5, 0.6) is 0 Å². The fourth-order valence-corrected chi connectivity index (χ4v) is 4.63. The zero-order valence-electron chi connectivity index (χ0n) is 15.7. The van der Waals surface area contributed by atoms with E-state index in [-0.39, 0.29) is 11.5 Å². The van der Waals surface area contributed by atoms with Crippen LogP contribution in [0.2, 0.25) is 0 Å². The third-order valence-electron chi connectivity index (χ3n) is 4.76. The zero-order valence-corrected chi connectivity index (χ0v) is 16.5. The molecule has 0 saturated carbocycles. The summed E-state index contributed by atoms with van der Waals surface area (Å²) in [6.45, 7) is 2.40. The van der Waals surface area contributed by atoms with Crippen LogP contribution in [-0.2, 0) is 21.2 Å². The Kier molecular flexibility index (Phi) is 4.75. The topological polar surface area (TPSA) is 101 Å². The summed E-state index contributed by atoms with van der Waals surface area (Å²) in [6, 6.07) is 13.5. The van der Waals surface area contributed by atoms with Crippen LogP contribution >= 0.6 is 0 Å². The molecule has 1 N–H and O–H groups in total. The number of nitrogens with zero attached hydrogens (tertiary/aromatic N) is 2. The van der Waals surface area contributed by atoms with Gasteiger partial charge in [0.2, 0.25) is 0 Å². The Bertz CT molecular complexity index is 1230. The van der Waals surface area contributed by atoms with E-state index in [4.69, 9.17) is 4.74 Å². The van der Waals surface area contributed by atoms with Crippen molar-refractivity contribution < 1.29 is 17.9 Å². The minimum absolute atomic E-state index is 0.0114. The van der Waals surface area contributed by atoms with E-state index in [0.29, 0.717) is 39.4 Å². The summed E-state index contributed by atoms with van der Waals surface area (Å²) in [5, 5.41) is 0. The van der Waals surface area contributed by atoms with E-state index in [0.717, 1.165) is 0 Å². The number of fused-ring (bicyclic) bond motifs is 1. The lowest BCUT2D eigenvalue weighted by atomic mass is 10.2. The average molecular weight is 413 g/mol. The molecule has 150 valence electrons. The number of aromatic nitrogens is 2. The Morgan fingerprint density at radius 2 is 1.93 bits per heavy atom. The average Bonchev–Trinajstić information content (AvgIpc) is 3.32. The third-order valence-corrected chi connectivity index (χ3v) is 6.40. The number of anilines is 1. The van der Waals surface area contributed by atoms with Gasteiger partial charge in [-0.25, -0.2) is 18.0 Å².